The molecule has 2 rings (SSSR count). The van der Waals surface area contributed by atoms with Crippen LogP contribution in [0.25, 0.3) is 0 Å². The first-order valence-electron chi connectivity index (χ1n) is 7.83. The normalized spacial score (nSPS) is 21.9. The number of carbonyl (C=O) groups is 1. The Labute approximate surface area is 136 Å². The number of nitro groups is 1. The van der Waals surface area contributed by atoms with Gasteiger partial charge in [0, 0.05) is 17.8 Å². The lowest BCUT2D eigenvalue weighted by molar-refractivity contribution is -0.384. The zero-order valence-electron chi connectivity index (χ0n) is 13.8. The third-order valence-corrected chi connectivity index (χ3v) is 4.02. The predicted molar refractivity (Wildman–Crippen MR) is 89.2 cm³/mol. The second kappa shape index (κ2) is 6.89. The van der Waals surface area contributed by atoms with E-state index in [1.54, 1.807) is 12.1 Å². The molecule has 1 atom stereocenters. The van der Waals surface area contributed by atoms with Gasteiger partial charge in [0.2, 0.25) is 5.91 Å². The average molecular weight is 317 g/mol. The van der Waals surface area contributed by atoms with Crippen molar-refractivity contribution in [3.8, 4) is 0 Å². The van der Waals surface area contributed by atoms with Gasteiger partial charge in [-0.1, -0.05) is 32.9 Å². The highest BCUT2D eigenvalue weighted by molar-refractivity contribution is 5.88. The fourth-order valence-corrected chi connectivity index (χ4v) is 3.30. The molecule has 1 aromatic rings. The number of hydrazone groups is 1. The Bertz CT molecular complexity index is 620. The Balaban J connectivity index is 1.92. The quantitative estimate of drug-likeness (QED) is 0.681. The van der Waals surface area contributed by atoms with Gasteiger partial charge in [-0.05, 0) is 36.2 Å². The monoisotopic (exact) mass is 317 g/mol. The van der Waals surface area contributed by atoms with Crippen molar-refractivity contribution < 1.29 is 9.72 Å². The summed E-state index contributed by atoms with van der Waals surface area (Å²) in [4.78, 5) is 22.1. The zero-order chi connectivity index (χ0) is 17.0. The van der Waals surface area contributed by atoms with Gasteiger partial charge in [-0.15, -0.1) is 0 Å². The van der Waals surface area contributed by atoms with E-state index in [1.807, 2.05) is 0 Å². The van der Waals surface area contributed by atoms with Gasteiger partial charge < -0.3 is 0 Å². The van der Waals surface area contributed by atoms with Crippen LogP contribution in [-0.4, -0.2) is 16.5 Å². The SMILES string of the molecule is C[C@@H]1C/C(=N\NC(=O)Cc2ccc([N+](=O)[O-])cc2)CC(C)(C)C1. The highest BCUT2D eigenvalue weighted by Gasteiger charge is 2.29. The number of hydrogen-bond donors (Lipinski definition) is 1. The standard InChI is InChI=1S/C17H23N3O3/c1-12-8-14(11-17(2,3)10-12)18-19-16(21)9-13-4-6-15(7-5-13)20(22)23/h4-7,12H,8-11H2,1-3H3,(H,19,21)/b18-14+/t12-/m1/s1. The minimum Gasteiger partial charge on any atom is -0.273 e. The molecule has 23 heavy (non-hydrogen) atoms. The fraction of sp³-hybridized carbons (Fsp3) is 0.529. The molecule has 0 bridgehead atoms. The van der Waals surface area contributed by atoms with Crippen molar-refractivity contribution in [1.29, 1.82) is 0 Å². The molecule has 0 heterocycles. The van der Waals surface area contributed by atoms with Crippen molar-refractivity contribution >= 4 is 17.3 Å². The number of rotatable bonds is 4. The van der Waals surface area contributed by atoms with Crippen molar-refractivity contribution in [2.75, 3.05) is 0 Å². The molecule has 0 unspecified atom stereocenters. The van der Waals surface area contributed by atoms with E-state index in [1.165, 1.54) is 18.6 Å². The van der Waals surface area contributed by atoms with Crippen LogP contribution in [-0.2, 0) is 11.2 Å². The van der Waals surface area contributed by atoms with Crippen LogP contribution < -0.4 is 5.43 Å². The van der Waals surface area contributed by atoms with Crippen LogP contribution in [0, 0.1) is 21.4 Å². The summed E-state index contributed by atoms with van der Waals surface area (Å²) in [5.41, 5.74) is 4.62. The van der Waals surface area contributed by atoms with Crippen LogP contribution in [0.2, 0.25) is 0 Å². The summed E-state index contributed by atoms with van der Waals surface area (Å²) in [6, 6.07) is 5.99. The van der Waals surface area contributed by atoms with E-state index in [0.29, 0.717) is 5.92 Å². The molecule has 1 saturated carbocycles. The zero-order valence-corrected chi connectivity index (χ0v) is 13.8. The summed E-state index contributed by atoms with van der Waals surface area (Å²) in [5.74, 6) is 0.367. The van der Waals surface area contributed by atoms with E-state index in [4.69, 9.17) is 0 Å². The summed E-state index contributed by atoms with van der Waals surface area (Å²) in [5, 5.41) is 14.9. The lowest BCUT2D eigenvalue weighted by Crippen LogP contribution is -2.30. The summed E-state index contributed by atoms with van der Waals surface area (Å²) in [7, 11) is 0. The Morgan fingerprint density at radius 2 is 2.04 bits per heavy atom. The summed E-state index contributed by atoms with van der Waals surface area (Å²) < 4.78 is 0. The molecule has 1 aliphatic rings. The number of nitrogens with one attached hydrogen (secondary N) is 1. The van der Waals surface area contributed by atoms with Gasteiger partial charge in [0.25, 0.3) is 5.69 Å². The van der Waals surface area contributed by atoms with Crippen molar-refractivity contribution in [3.05, 3.63) is 39.9 Å². The molecule has 6 nitrogen and oxygen atoms in total. The number of carbonyl (C=O) groups excluding carboxylic acids is 1. The van der Waals surface area contributed by atoms with E-state index in [2.05, 4.69) is 31.3 Å². The van der Waals surface area contributed by atoms with E-state index in [9.17, 15) is 14.9 Å². The number of benzene rings is 1. The Kier molecular flexibility index (Phi) is 5.13. The maximum atomic E-state index is 12.0. The molecule has 1 aromatic carbocycles. The lowest BCUT2D eigenvalue weighted by Gasteiger charge is -2.34. The van der Waals surface area contributed by atoms with Gasteiger partial charge in [-0.25, -0.2) is 5.43 Å². The van der Waals surface area contributed by atoms with Crippen LogP contribution in [0.5, 0.6) is 0 Å². The summed E-state index contributed by atoms with van der Waals surface area (Å²) >= 11 is 0. The molecular formula is C17H23N3O3. The number of nitrogens with zero attached hydrogens (tertiary/aromatic N) is 2. The molecule has 1 aliphatic carbocycles. The van der Waals surface area contributed by atoms with Crippen molar-refractivity contribution in [2.45, 2.75) is 46.5 Å². The predicted octanol–water partition coefficient (Wildman–Crippen LogP) is 3.46. The molecule has 1 N–H and O–H groups in total. The summed E-state index contributed by atoms with van der Waals surface area (Å²) in [6.07, 6.45) is 3.15. The first-order valence-corrected chi connectivity index (χ1v) is 7.83. The van der Waals surface area contributed by atoms with Crippen LogP contribution in [0.3, 0.4) is 0 Å². The fourth-order valence-electron chi connectivity index (χ4n) is 3.30. The Morgan fingerprint density at radius 3 is 2.61 bits per heavy atom. The van der Waals surface area contributed by atoms with Gasteiger partial charge in [-0.3, -0.25) is 14.9 Å². The van der Waals surface area contributed by atoms with Crippen LogP contribution in [0.15, 0.2) is 29.4 Å². The molecule has 0 aliphatic heterocycles. The minimum atomic E-state index is -0.457. The highest BCUT2D eigenvalue weighted by atomic mass is 16.6. The maximum absolute atomic E-state index is 12.0. The molecule has 6 heteroatoms. The smallest absolute Gasteiger partial charge is 0.269 e. The van der Waals surface area contributed by atoms with Gasteiger partial charge in [0.1, 0.15) is 0 Å². The molecule has 124 valence electrons. The molecule has 1 fully saturated rings. The number of non-ortho nitro benzene ring substituents is 1. The van der Waals surface area contributed by atoms with E-state index < -0.39 is 4.92 Å². The van der Waals surface area contributed by atoms with Gasteiger partial charge in [-0.2, -0.15) is 5.10 Å². The van der Waals surface area contributed by atoms with E-state index in [-0.39, 0.29) is 23.4 Å². The van der Waals surface area contributed by atoms with Crippen molar-refractivity contribution in [3.63, 3.8) is 0 Å². The second-order valence-corrected chi connectivity index (χ2v) is 7.17. The molecular weight excluding hydrogens is 294 g/mol. The largest absolute Gasteiger partial charge is 0.273 e. The average Bonchev–Trinajstić information content (AvgIpc) is 2.43. The van der Waals surface area contributed by atoms with Crippen LogP contribution in [0.1, 0.15) is 45.6 Å². The maximum Gasteiger partial charge on any atom is 0.269 e. The number of amides is 1. The minimum absolute atomic E-state index is 0.0211. The lowest BCUT2D eigenvalue weighted by atomic mass is 9.72. The third kappa shape index (κ3) is 5.16. The van der Waals surface area contributed by atoms with Crippen molar-refractivity contribution in [1.82, 2.24) is 5.43 Å². The first-order chi connectivity index (χ1) is 10.7. The van der Waals surface area contributed by atoms with E-state index in [0.717, 1.165) is 24.1 Å². The Morgan fingerprint density at radius 1 is 1.39 bits per heavy atom. The topological polar surface area (TPSA) is 84.6 Å². The Hall–Kier alpha value is -2.24. The van der Waals surface area contributed by atoms with Crippen LogP contribution in [0.4, 0.5) is 5.69 Å². The molecule has 0 aromatic heterocycles. The van der Waals surface area contributed by atoms with E-state index >= 15 is 0 Å². The number of hydrogen-bond acceptors (Lipinski definition) is 4. The molecule has 1 amide bonds. The van der Waals surface area contributed by atoms with Gasteiger partial charge in [0.05, 0.1) is 11.3 Å². The van der Waals surface area contributed by atoms with Gasteiger partial charge in [0.15, 0.2) is 0 Å². The van der Waals surface area contributed by atoms with Crippen molar-refractivity contribution in [2.24, 2.45) is 16.4 Å². The second-order valence-electron chi connectivity index (χ2n) is 7.17. The van der Waals surface area contributed by atoms with Gasteiger partial charge >= 0.3 is 0 Å². The molecule has 0 saturated heterocycles. The number of nitro benzene ring substituents is 1. The first kappa shape index (κ1) is 17.1. The third-order valence-electron chi connectivity index (χ3n) is 4.02. The summed E-state index contributed by atoms with van der Waals surface area (Å²) in [6.45, 7) is 6.64. The highest BCUT2D eigenvalue weighted by Crippen LogP contribution is 2.36. The molecule has 0 radical (unpaired) electrons. The van der Waals surface area contributed by atoms with Crippen LogP contribution >= 0.6 is 0 Å². The molecule has 0 spiro atoms.